The minimum absolute atomic E-state index is 0.101. The van der Waals surface area contributed by atoms with Crippen LogP contribution in [0.1, 0.15) is 12.6 Å². The highest BCUT2D eigenvalue weighted by molar-refractivity contribution is 6.32. The predicted molar refractivity (Wildman–Crippen MR) is 95.7 cm³/mol. The van der Waals surface area contributed by atoms with E-state index in [1.807, 2.05) is 0 Å². The van der Waals surface area contributed by atoms with Crippen molar-refractivity contribution >= 4 is 17.8 Å². The van der Waals surface area contributed by atoms with Gasteiger partial charge in [0.2, 0.25) is 0 Å². The lowest BCUT2D eigenvalue weighted by molar-refractivity contribution is -0.144. The van der Waals surface area contributed by atoms with Crippen LogP contribution in [0.25, 0.3) is 5.69 Å². The molecule has 0 amide bonds. The predicted octanol–water partition coefficient (Wildman–Crippen LogP) is 2.90. The Labute approximate surface area is 171 Å². The number of benzene rings is 1. The number of carbonyl (C=O) groups is 1. The third-order valence-electron chi connectivity index (χ3n) is 3.68. The molecule has 2 aromatic rings. The van der Waals surface area contributed by atoms with Crippen molar-refractivity contribution in [2.45, 2.75) is 13.1 Å². The maximum atomic E-state index is 14.4. The lowest BCUT2D eigenvalue weighted by atomic mass is 10.2. The molecule has 2 rings (SSSR count). The van der Waals surface area contributed by atoms with E-state index in [1.54, 1.807) is 6.92 Å². The molecule has 0 radical (unpaired) electrons. The van der Waals surface area contributed by atoms with Gasteiger partial charge in [-0.3, -0.25) is 9.36 Å². The van der Waals surface area contributed by atoms with Crippen LogP contribution in [-0.2, 0) is 22.7 Å². The van der Waals surface area contributed by atoms with E-state index in [1.165, 1.54) is 0 Å². The molecule has 0 bridgehead atoms. The van der Waals surface area contributed by atoms with Crippen LogP contribution in [-0.4, -0.2) is 35.1 Å². The van der Waals surface area contributed by atoms with Crippen LogP contribution in [0.5, 0.6) is 5.75 Å². The van der Waals surface area contributed by atoms with E-state index in [0.29, 0.717) is 0 Å². The van der Waals surface area contributed by atoms with E-state index in [9.17, 15) is 31.9 Å². The average Bonchev–Trinajstić information content (AvgIpc) is 2.64. The van der Waals surface area contributed by atoms with E-state index in [4.69, 9.17) is 16.3 Å². The van der Waals surface area contributed by atoms with E-state index in [2.05, 4.69) is 9.47 Å². The van der Waals surface area contributed by atoms with E-state index in [-0.39, 0.29) is 45.8 Å². The number of hydrogen-bond donors (Lipinski definition) is 0. The number of halogens is 5. The van der Waals surface area contributed by atoms with Crippen LogP contribution in [0, 0.1) is 5.82 Å². The zero-order chi connectivity index (χ0) is 22.6. The molecule has 0 fully saturated rings. The number of carbonyl (C=O) groups excluding carboxylic acids is 1. The molecule has 0 aliphatic rings. The Morgan fingerprint density at radius 2 is 1.80 bits per heavy atom. The number of ether oxygens (including phenoxy) is 3. The zero-order valence-electron chi connectivity index (χ0n) is 15.6. The first kappa shape index (κ1) is 23.3. The van der Waals surface area contributed by atoms with Crippen LogP contribution in [0.2, 0.25) is 5.02 Å². The minimum atomic E-state index is -4.96. The summed E-state index contributed by atoms with van der Waals surface area (Å²) in [4.78, 5) is 35.5. The van der Waals surface area contributed by atoms with Gasteiger partial charge in [-0.1, -0.05) is 11.6 Å². The van der Waals surface area contributed by atoms with Crippen molar-refractivity contribution in [3.63, 3.8) is 0 Å². The zero-order valence-corrected chi connectivity index (χ0v) is 16.3. The van der Waals surface area contributed by atoms with Gasteiger partial charge in [0.05, 0.1) is 17.3 Å². The number of nitrogens with zero attached hydrogens (tertiary/aromatic N) is 2. The second-order valence-corrected chi connectivity index (χ2v) is 6.06. The van der Waals surface area contributed by atoms with Gasteiger partial charge in [0, 0.05) is 19.2 Å². The molecule has 1 heterocycles. The molecule has 1 aromatic heterocycles. The van der Waals surface area contributed by atoms with Crippen molar-refractivity contribution in [3.8, 4) is 11.4 Å². The number of rotatable bonds is 6. The summed E-state index contributed by atoms with van der Waals surface area (Å²) in [5.41, 5.74) is -4.98. The lowest BCUT2D eigenvalue weighted by Gasteiger charge is -2.15. The van der Waals surface area contributed by atoms with Crippen LogP contribution in [0.3, 0.4) is 0 Å². The van der Waals surface area contributed by atoms with E-state index in [0.717, 1.165) is 19.2 Å². The molecule has 0 spiro atoms. The molecule has 0 unspecified atom stereocenters. The Bertz CT molecular complexity index is 1060. The summed E-state index contributed by atoms with van der Waals surface area (Å²) in [6.07, 6.45) is -5.90. The van der Waals surface area contributed by atoms with E-state index < -0.39 is 40.8 Å². The summed E-state index contributed by atoms with van der Waals surface area (Å²) < 4.78 is 68.0. The molecule has 164 valence electrons. The fraction of sp³-hybridized carbons (Fsp3) is 0.353. The average molecular weight is 455 g/mol. The summed E-state index contributed by atoms with van der Waals surface area (Å²) in [5, 5.41) is -0.246. The van der Waals surface area contributed by atoms with E-state index >= 15 is 0 Å². The SMILES string of the molecule is CCOC(=O)OCCOc1cc(-n2c(=O)cc(C(F)(F)F)n(C)c2=O)c(F)cc1Cl. The van der Waals surface area contributed by atoms with Crippen molar-refractivity contribution in [1.29, 1.82) is 0 Å². The maximum Gasteiger partial charge on any atom is 0.508 e. The fourth-order valence-corrected chi connectivity index (χ4v) is 2.56. The van der Waals surface area contributed by atoms with Gasteiger partial charge in [-0.05, 0) is 13.0 Å². The molecular formula is C17H15ClF4N2O6. The Balaban J connectivity index is 2.39. The quantitative estimate of drug-likeness (QED) is 0.379. The van der Waals surface area contributed by atoms with Gasteiger partial charge < -0.3 is 14.2 Å². The molecule has 0 aliphatic carbocycles. The highest BCUT2D eigenvalue weighted by Gasteiger charge is 2.35. The van der Waals surface area contributed by atoms with Crippen LogP contribution < -0.4 is 16.0 Å². The maximum absolute atomic E-state index is 14.4. The summed E-state index contributed by atoms with van der Waals surface area (Å²) in [6.45, 7) is 1.17. The fourth-order valence-electron chi connectivity index (χ4n) is 2.36. The van der Waals surface area contributed by atoms with Gasteiger partial charge in [0.1, 0.15) is 30.5 Å². The third kappa shape index (κ3) is 5.12. The summed E-state index contributed by atoms with van der Waals surface area (Å²) in [6, 6.07) is 1.77. The first-order valence-corrected chi connectivity index (χ1v) is 8.67. The van der Waals surface area contributed by atoms with Crippen molar-refractivity contribution in [2.75, 3.05) is 19.8 Å². The summed E-state index contributed by atoms with van der Waals surface area (Å²) in [7, 11) is 0.791. The van der Waals surface area contributed by atoms with Gasteiger partial charge in [0.25, 0.3) is 5.56 Å². The van der Waals surface area contributed by atoms with Gasteiger partial charge in [0.15, 0.2) is 0 Å². The standard InChI is InChI=1S/C17H15ClF4N2O6/c1-3-28-16(27)30-5-4-29-12-7-11(10(19)6-9(12)18)24-14(25)8-13(17(20,21)22)23(2)15(24)26/h6-8H,3-5H2,1-2H3. The molecular weight excluding hydrogens is 440 g/mol. The highest BCUT2D eigenvalue weighted by Crippen LogP contribution is 2.30. The molecule has 30 heavy (non-hydrogen) atoms. The number of alkyl halides is 3. The number of hydrogen-bond acceptors (Lipinski definition) is 6. The first-order chi connectivity index (χ1) is 14.0. The van der Waals surface area contributed by atoms with Gasteiger partial charge in [-0.25, -0.2) is 18.5 Å². The Morgan fingerprint density at radius 3 is 2.40 bits per heavy atom. The van der Waals surface area contributed by atoms with Crippen LogP contribution in [0.15, 0.2) is 27.8 Å². The van der Waals surface area contributed by atoms with Crippen molar-refractivity contribution in [2.24, 2.45) is 7.05 Å². The second kappa shape index (κ2) is 9.20. The molecule has 1 aromatic carbocycles. The Morgan fingerprint density at radius 1 is 1.13 bits per heavy atom. The molecule has 0 aliphatic heterocycles. The van der Waals surface area contributed by atoms with Crippen LogP contribution >= 0.6 is 11.6 Å². The van der Waals surface area contributed by atoms with Crippen molar-refractivity contribution in [1.82, 2.24) is 9.13 Å². The van der Waals surface area contributed by atoms with Gasteiger partial charge in [-0.2, -0.15) is 13.2 Å². The largest absolute Gasteiger partial charge is 0.508 e. The molecule has 0 N–H and O–H groups in total. The first-order valence-electron chi connectivity index (χ1n) is 8.29. The third-order valence-corrected chi connectivity index (χ3v) is 3.97. The van der Waals surface area contributed by atoms with Crippen molar-refractivity contribution < 1.29 is 36.6 Å². The van der Waals surface area contributed by atoms with Gasteiger partial charge in [-0.15, -0.1) is 0 Å². The minimum Gasteiger partial charge on any atom is -0.488 e. The van der Waals surface area contributed by atoms with Crippen LogP contribution in [0.4, 0.5) is 22.4 Å². The summed E-state index contributed by atoms with van der Waals surface area (Å²) in [5.74, 6) is -1.34. The van der Waals surface area contributed by atoms with Gasteiger partial charge >= 0.3 is 18.0 Å². The molecule has 8 nitrogen and oxygen atoms in total. The smallest absolute Gasteiger partial charge is 0.488 e. The lowest BCUT2D eigenvalue weighted by Crippen LogP contribution is -2.41. The topological polar surface area (TPSA) is 88.8 Å². The molecule has 0 atom stereocenters. The normalized spacial score (nSPS) is 11.3. The Kier molecular flexibility index (Phi) is 7.13. The molecule has 0 saturated carbocycles. The second-order valence-electron chi connectivity index (χ2n) is 5.66. The van der Waals surface area contributed by atoms with Crippen molar-refractivity contribution in [3.05, 3.63) is 55.6 Å². The molecule has 0 saturated heterocycles. The molecule has 13 heteroatoms. The monoisotopic (exact) mass is 454 g/mol. The summed E-state index contributed by atoms with van der Waals surface area (Å²) >= 11 is 5.86. The highest BCUT2D eigenvalue weighted by atomic mass is 35.5. The Hall–Kier alpha value is -3.02. The number of aromatic nitrogens is 2.